The molecule has 0 aliphatic carbocycles. The molecule has 13 heteroatoms. The molecule has 0 bridgehead atoms. The van der Waals surface area contributed by atoms with Crippen molar-refractivity contribution in [3.8, 4) is 17.1 Å². The summed E-state index contributed by atoms with van der Waals surface area (Å²) >= 11 is 7.79. The van der Waals surface area contributed by atoms with Gasteiger partial charge in [-0.2, -0.15) is 9.97 Å². The molecular weight excluding hydrogens is 551 g/mol. The van der Waals surface area contributed by atoms with Crippen LogP contribution in [0.5, 0.6) is 6.01 Å². The number of ether oxygens (including phenoxy) is 1. The Morgan fingerprint density at radius 3 is 2.62 bits per heavy atom. The lowest BCUT2D eigenvalue weighted by Gasteiger charge is -2.26. The molecule has 2 aliphatic rings. The molecule has 6 rings (SSSR count). The van der Waals surface area contributed by atoms with Crippen molar-refractivity contribution < 1.29 is 17.9 Å². The van der Waals surface area contributed by atoms with Crippen molar-refractivity contribution >= 4 is 55.0 Å². The van der Waals surface area contributed by atoms with E-state index in [9.17, 15) is 8.78 Å². The number of fused-ring (bicyclic) bond motifs is 2. The Morgan fingerprint density at radius 2 is 1.92 bits per heavy atom. The minimum absolute atomic E-state index is 0.0775. The Labute approximate surface area is 232 Å². The van der Waals surface area contributed by atoms with Gasteiger partial charge in [0.2, 0.25) is 0 Å². The molecule has 0 amide bonds. The molecule has 39 heavy (non-hydrogen) atoms. The van der Waals surface area contributed by atoms with Crippen LogP contribution in [0.25, 0.3) is 32.2 Å². The molecule has 0 saturated carbocycles. The fourth-order valence-electron chi connectivity index (χ4n) is 4.86. The largest absolute Gasteiger partial charge is 0.467 e. The summed E-state index contributed by atoms with van der Waals surface area (Å²) < 4.78 is 50.4. The van der Waals surface area contributed by atoms with Crippen molar-refractivity contribution in [2.24, 2.45) is 0 Å². The first-order chi connectivity index (χ1) is 18.7. The van der Waals surface area contributed by atoms with Gasteiger partial charge in [-0.25, -0.2) is 18.2 Å². The van der Waals surface area contributed by atoms with Gasteiger partial charge in [0.25, 0.3) is 5.92 Å². The maximum absolute atomic E-state index is 16.0. The Bertz CT molecular complexity index is 1500. The summed E-state index contributed by atoms with van der Waals surface area (Å²) in [6.45, 7) is 2.15. The van der Waals surface area contributed by atoms with Crippen molar-refractivity contribution in [2.45, 2.75) is 18.8 Å². The highest BCUT2D eigenvalue weighted by Gasteiger charge is 2.35. The maximum atomic E-state index is 16.0. The first-order valence-corrected chi connectivity index (χ1v) is 13.8. The van der Waals surface area contributed by atoms with Crippen molar-refractivity contribution in [1.29, 1.82) is 0 Å². The van der Waals surface area contributed by atoms with Gasteiger partial charge in [0.1, 0.15) is 11.3 Å². The van der Waals surface area contributed by atoms with E-state index >= 15 is 4.39 Å². The van der Waals surface area contributed by atoms with E-state index < -0.39 is 24.8 Å². The Kier molecular flexibility index (Phi) is 7.99. The number of alkyl halides is 2. The van der Waals surface area contributed by atoms with Gasteiger partial charge in [0.05, 0.1) is 35.4 Å². The van der Waals surface area contributed by atoms with E-state index in [0.717, 1.165) is 0 Å². The van der Waals surface area contributed by atoms with Crippen molar-refractivity contribution in [3.63, 3.8) is 0 Å². The average Bonchev–Trinajstić information content (AvgIpc) is 3.49. The number of aromatic nitrogens is 3. The van der Waals surface area contributed by atoms with Crippen LogP contribution in [-0.4, -0.2) is 79.2 Å². The maximum Gasteiger partial charge on any atom is 0.318 e. The molecule has 3 N–H and O–H groups in total. The van der Waals surface area contributed by atoms with Crippen LogP contribution in [0.15, 0.2) is 24.3 Å². The van der Waals surface area contributed by atoms with E-state index in [2.05, 4.69) is 32.2 Å². The van der Waals surface area contributed by atoms with Crippen LogP contribution in [0.4, 0.5) is 24.1 Å². The molecule has 0 atom stereocenters. The third-order valence-corrected chi connectivity index (χ3v) is 7.95. The quantitative estimate of drug-likeness (QED) is 0.348. The first-order valence-electron chi connectivity index (χ1n) is 12.6. The fourth-order valence-corrected chi connectivity index (χ4v) is 6.00. The smallest absolute Gasteiger partial charge is 0.318 e. The van der Waals surface area contributed by atoms with Crippen molar-refractivity contribution in [3.05, 3.63) is 35.1 Å². The van der Waals surface area contributed by atoms with Gasteiger partial charge in [-0.3, -0.25) is 0 Å². The summed E-state index contributed by atoms with van der Waals surface area (Å²) in [5.74, 6) is -3.57. The number of hydrogen-bond acceptors (Lipinski definition) is 9. The predicted octanol–water partition coefficient (Wildman–Crippen LogP) is 5.05. The second-order valence-corrected chi connectivity index (χ2v) is 11.1. The molecule has 2 aromatic heterocycles. The highest BCUT2D eigenvalue weighted by Crippen LogP contribution is 2.42. The number of anilines is 2. The van der Waals surface area contributed by atoms with E-state index in [1.54, 1.807) is 18.2 Å². The summed E-state index contributed by atoms with van der Waals surface area (Å²) in [7, 11) is 3.51. The summed E-state index contributed by atoms with van der Waals surface area (Å²) in [6, 6.07) is 6.59. The first kappa shape index (κ1) is 27.6. The molecule has 0 radical (unpaired) electrons. The second kappa shape index (κ2) is 11.3. The lowest BCUT2D eigenvalue weighted by atomic mass is 10.0. The number of methoxy groups -OCH3 is 1. The molecule has 2 fully saturated rings. The van der Waals surface area contributed by atoms with Crippen molar-refractivity contribution in [2.75, 3.05) is 64.1 Å². The number of nitrogen functional groups attached to an aromatic ring is 1. The van der Waals surface area contributed by atoms with Gasteiger partial charge < -0.3 is 25.6 Å². The summed E-state index contributed by atoms with van der Waals surface area (Å²) in [5, 5.41) is 3.36. The third kappa shape index (κ3) is 5.84. The van der Waals surface area contributed by atoms with Gasteiger partial charge in [-0.15, -0.1) is 0 Å². The number of halogens is 4. The highest BCUT2D eigenvalue weighted by atomic mass is 35.5. The lowest BCUT2D eigenvalue weighted by molar-refractivity contribution is 0.0156. The molecular formula is C26H29ClF3N7OS. The van der Waals surface area contributed by atoms with Crippen LogP contribution in [0, 0.1) is 5.82 Å². The lowest BCUT2D eigenvalue weighted by Crippen LogP contribution is -2.39. The molecule has 2 aliphatic heterocycles. The number of nitrogens with one attached hydrogen (secondary N) is 1. The molecule has 0 spiro atoms. The van der Waals surface area contributed by atoms with Crippen LogP contribution in [0.3, 0.4) is 0 Å². The van der Waals surface area contributed by atoms with E-state index in [-0.39, 0.29) is 39.9 Å². The van der Waals surface area contributed by atoms with Gasteiger partial charge in [-0.05, 0) is 45.1 Å². The molecule has 4 heterocycles. The molecule has 0 unspecified atom stereocenters. The zero-order chi connectivity index (χ0) is 27.7. The zero-order valence-corrected chi connectivity index (χ0v) is 23.2. The SMILES string of the molecule is CN1CCCC1.COc1nc(N2CCNCC(F)(F)C2)c2cc(Cl)c(-c3cccc4nc(N)sc34)c(F)c2n1. The van der Waals surface area contributed by atoms with E-state index in [4.69, 9.17) is 22.1 Å². The number of nitrogens with zero attached hydrogens (tertiary/aromatic N) is 5. The Morgan fingerprint density at radius 1 is 1.15 bits per heavy atom. The average molecular weight is 580 g/mol. The van der Waals surface area contributed by atoms with Crippen LogP contribution >= 0.6 is 22.9 Å². The van der Waals surface area contributed by atoms with Crippen LogP contribution in [0.1, 0.15) is 12.8 Å². The number of thiazole rings is 1. The number of hydrogen-bond donors (Lipinski definition) is 2. The fraction of sp³-hybridized carbons (Fsp3) is 0.423. The van der Waals surface area contributed by atoms with Gasteiger partial charge in [0.15, 0.2) is 10.9 Å². The summed E-state index contributed by atoms with van der Waals surface area (Å²) in [5.41, 5.74) is 7.02. The minimum Gasteiger partial charge on any atom is -0.467 e. The number of nitrogens with two attached hydrogens (primary N) is 1. The second-order valence-electron chi connectivity index (χ2n) is 9.65. The minimum atomic E-state index is -3.00. The Balaban J connectivity index is 0.000000455. The van der Waals surface area contributed by atoms with Crippen LogP contribution in [-0.2, 0) is 0 Å². The molecule has 4 aromatic rings. The van der Waals surface area contributed by atoms with Crippen LogP contribution in [0.2, 0.25) is 5.02 Å². The van der Waals surface area contributed by atoms with E-state index in [1.807, 2.05) is 0 Å². The summed E-state index contributed by atoms with van der Waals surface area (Å²) in [4.78, 5) is 16.5. The van der Waals surface area contributed by atoms with Crippen LogP contribution < -0.4 is 20.7 Å². The van der Waals surface area contributed by atoms with E-state index in [1.165, 1.54) is 55.3 Å². The zero-order valence-electron chi connectivity index (χ0n) is 21.6. The monoisotopic (exact) mass is 579 g/mol. The molecule has 8 nitrogen and oxygen atoms in total. The topological polar surface area (TPSA) is 92.4 Å². The molecule has 2 aromatic carbocycles. The number of likely N-dealkylation sites (tertiary alicyclic amines) is 1. The Hall–Kier alpha value is -2.93. The molecule has 2 saturated heterocycles. The van der Waals surface area contributed by atoms with Crippen molar-refractivity contribution in [1.82, 2.24) is 25.2 Å². The summed E-state index contributed by atoms with van der Waals surface area (Å²) in [6.07, 6.45) is 2.83. The van der Waals surface area contributed by atoms with Gasteiger partial charge in [-0.1, -0.05) is 35.1 Å². The predicted molar refractivity (Wildman–Crippen MR) is 151 cm³/mol. The normalized spacial score (nSPS) is 17.7. The third-order valence-electron chi connectivity index (χ3n) is 6.72. The van der Waals surface area contributed by atoms with Gasteiger partial charge >= 0.3 is 6.01 Å². The van der Waals surface area contributed by atoms with E-state index in [0.29, 0.717) is 27.5 Å². The number of benzene rings is 2. The molecule has 208 valence electrons. The van der Waals surface area contributed by atoms with Gasteiger partial charge in [0, 0.05) is 29.6 Å². The number of rotatable bonds is 3. The highest BCUT2D eigenvalue weighted by molar-refractivity contribution is 7.22. The standard InChI is InChI=1S/C21H18ClF3N6OS.C5H11N/c1-32-20-29-16-11(18(30-20)31-6-5-27-8-21(24,25)9-31)7-12(22)14(15(16)23)10-3-2-4-13-17(10)33-19(26)28-13;1-6-4-2-3-5-6/h2-4,7,27H,5-6,8-9H2,1H3,(H2,26,28);2-5H2,1H3.